The topological polar surface area (TPSA) is 12.0 Å². The molecule has 0 bridgehead atoms. The zero-order valence-electron chi connectivity index (χ0n) is 11.2. The molecule has 0 saturated heterocycles. The van der Waals surface area contributed by atoms with Crippen LogP contribution in [0.3, 0.4) is 0 Å². The molecule has 1 aromatic heterocycles. The van der Waals surface area contributed by atoms with Crippen molar-refractivity contribution >= 4 is 27.3 Å². The normalized spacial score (nSPS) is 12.5. The number of rotatable bonds is 7. The van der Waals surface area contributed by atoms with Crippen LogP contribution >= 0.6 is 27.3 Å². The van der Waals surface area contributed by atoms with Gasteiger partial charge in [0.05, 0.1) is 3.79 Å². The first-order valence-electron chi connectivity index (χ1n) is 6.76. The number of hydrogen-bond donors (Lipinski definition) is 1. The van der Waals surface area contributed by atoms with E-state index in [2.05, 4.69) is 70.6 Å². The van der Waals surface area contributed by atoms with Gasteiger partial charge < -0.3 is 5.32 Å². The zero-order valence-corrected chi connectivity index (χ0v) is 13.6. The highest BCUT2D eigenvalue weighted by Crippen LogP contribution is 2.25. The van der Waals surface area contributed by atoms with Crippen LogP contribution in [0, 0.1) is 5.92 Å². The fraction of sp³-hybridized carbons (Fsp3) is 0.375. The molecular weight excluding hydrogens is 318 g/mol. The van der Waals surface area contributed by atoms with E-state index in [1.807, 2.05) is 11.3 Å². The summed E-state index contributed by atoms with van der Waals surface area (Å²) in [6.45, 7) is 4.29. The second-order valence-electron chi connectivity index (χ2n) is 4.77. The minimum Gasteiger partial charge on any atom is -0.317 e. The summed E-state index contributed by atoms with van der Waals surface area (Å²) in [5.74, 6) is 0.660. The third kappa shape index (κ3) is 5.09. The first-order valence-corrected chi connectivity index (χ1v) is 8.37. The van der Waals surface area contributed by atoms with Crippen LogP contribution in [0.25, 0.3) is 0 Å². The third-order valence-corrected chi connectivity index (χ3v) is 4.81. The summed E-state index contributed by atoms with van der Waals surface area (Å²) in [5.41, 5.74) is 1.43. The van der Waals surface area contributed by atoms with Crippen molar-refractivity contribution in [1.82, 2.24) is 5.32 Å². The van der Waals surface area contributed by atoms with Crippen molar-refractivity contribution in [1.29, 1.82) is 0 Å². The Balaban J connectivity index is 1.99. The fourth-order valence-electron chi connectivity index (χ4n) is 2.26. The summed E-state index contributed by atoms with van der Waals surface area (Å²) in [7, 11) is 0. The lowest BCUT2D eigenvalue weighted by atomic mass is 9.95. The molecule has 0 amide bonds. The summed E-state index contributed by atoms with van der Waals surface area (Å²) in [6, 6.07) is 15.2. The highest BCUT2D eigenvalue weighted by molar-refractivity contribution is 9.11. The molecule has 1 atom stereocenters. The van der Waals surface area contributed by atoms with E-state index in [1.54, 1.807) is 0 Å². The van der Waals surface area contributed by atoms with Gasteiger partial charge in [-0.2, -0.15) is 0 Å². The van der Waals surface area contributed by atoms with Crippen LogP contribution < -0.4 is 5.32 Å². The van der Waals surface area contributed by atoms with Gasteiger partial charge in [-0.25, -0.2) is 0 Å². The summed E-state index contributed by atoms with van der Waals surface area (Å²) < 4.78 is 1.23. The molecule has 19 heavy (non-hydrogen) atoms. The molecule has 102 valence electrons. The quantitative estimate of drug-likeness (QED) is 0.783. The summed E-state index contributed by atoms with van der Waals surface area (Å²) in [6.07, 6.45) is 2.29. The molecule has 1 unspecified atom stereocenters. The molecule has 1 heterocycles. The highest BCUT2D eigenvalue weighted by atomic mass is 79.9. The number of nitrogens with one attached hydrogen (secondary N) is 1. The van der Waals surface area contributed by atoms with Gasteiger partial charge in [0, 0.05) is 4.88 Å². The lowest BCUT2D eigenvalue weighted by Crippen LogP contribution is -2.25. The van der Waals surface area contributed by atoms with E-state index in [1.165, 1.54) is 14.2 Å². The molecule has 0 aliphatic rings. The van der Waals surface area contributed by atoms with E-state index in [4.69, 9.17) is 0 Å². The van der Waals surface area contributed by atoms with E-state index in [0.717, 1.165) is 25.9 Å². The van der Waals surface area contributed by atoms with Crippen LogP contribution in [0.4, 0.5) is 0 Å². The summed E-state index contributed by atoms with van der Waals surface area (Å²) in [4.78, 5) is 1.46. The van der Waals surface area contributed by atoms with E-state index >= 15 is 0 Å². The first-order chi connectivity index (χ1) is 9.28. The van der Waals surface area contributed by atoms with Crippen molar-refractivity contribution < 1.29 is 0 Å². The zero-order chi connectivity index (χ0) is 13.5. The molecular formula is C16H20BrNS. The van der Waals surface area contributed by atoms with E-state index < -0.39 is 0 Å². The lowest BCUT2D eigenvalue weighted by molar-refractivity contribution is 0.481. The van der Waals surface area contributed by atoms with Gasteiger partial charge in [0.1, 0.15) is 0 Å². The average Bonchev–Trinajstić information content (AvgIpc) is 2.82. The highest BCUT2D eigenvalue weighted by Gasteiger charge is 2.11. The Morgan fingerprint density at radius 1 is 1.11 bits per heavy atom. The van der Waals surface area contributed by atoms with Crippen LogP contribution in [0.5, 0.6) is 0 Å². The average molecular weight is 338 g/mol. The minimum atomic E-state index is 0.660. The Labute approximate surface area is 128 Å². The monoisotopic (exact) mass is 337 g/mol. The Bertz CT molecular complexity index is 481. The molecule has 1 nitrogen and oxygen atoms in total. The van der Waals surface area contributed by atoms with Gasteiger partial charge in [-0.05, 0) is 65.5 Å². The Hall–Kier alpha value is -0.640. The third-order valence-electron chi connectivity index (χ3n) is 3.17. The minimum absolute atomic E-state index is 0.660. The molecule has 0 aliphatic carbocycles. The Morgan fingerprint density at radius 3 is 2.53 bits per heavy atom. The van der Waals surface area contributed by atoms with Crippen LogP contribution in [0.15, 0.2) is 46.3 Å². The summed E-state index contributed by atoms with van der Waals surface area (Å²) in [5, 5.41) is 3.49. The lowest BCUT2D eigenvalue weighted by Gasteiger charge is -2.16. The maximum atomic E-state index is 3.54. The SMILES string of the molecule is CCNCC(Cc1ccccc1)Cc1ccc(Br)s1. The summed E-state index contributed by atoms with van der Waals surface area (Å²) >= 11 is 5.39. The van der Waals surface area contributed by atoms with Crippen LogP contribution in [0.1, 0.15) is 17.4 Å². The standard InChI is InChI=1S/C16H20BrNS/c1-2-18-12-14(10-13-6-4-3-5-7-13)11-15-8-9-16(17)19-15/h3-9,14,18H,2,10-12H2,1H3. The van der Waals surface area contributed by atoms with Gasteiger partial charge in [0.25, 0.3) is 0 Å². The smallest absolute Gasteiger partial charge is 0.0701 e. The van der Waals surface area contributed by atoms with Gasteiger partial charge in [0.2, 0.25) is 0 Å². The predicted octanol–water partition coefficient (Wildman–Crippen LogP) is 4.52. The van der Waals surface area contributed by atoms with Crippen molar-refractivity contribution in [3.05, 3.63) is 56.7 Å². The van der Waals surface area contributed by atoms with Crippen molar-refractivity contribution in [3.63, 3.8) is 0 Å². The molecule has 1 aromatic carbocycles. The Morgan fingerprint density at radius 2 is 1.89 bits per heavy atom. The van der Waals surface area contributed by atoms with Crippen molar-refractivity contribution in [2.75, 3.05) is 13.1 Å². The van der Waals surface area contributed by atoms with Crippen LogP contribution in [0.2, 0.25) is 0 Å². The second-order valence-corrected chi connectivity index (χ2v) is 7.32. The largest absolute Gasteiger partial charge is 0.317 e. The second kappa shape index (κ2) is 7.83. The molecule has 2 rings (SSSR count). The molecule has 0 fully saturated rings. The van der Waals surface area contributed by atoms with Crippen molar-refractivity contribution in [3.8, 4) is 0 Å². The van der Waals surface area contributed by atoms with E-state index in [0.29, 0.717) is 5.92 Å². The number of thiophene rings is 1. The number of halogens is 1. The first kappa shape index (κ1) is 14.8. The molecule has 1 N–H and O–H groups in total. The predicted molar refractivity (Wildman–Crippen MR) is 87.9 cm³/mol. The van der Waals surface area contributed by atoms with Gasteiger partial charge >= 0.3 is 0 Å². The van der Waals surface area contributed by atoms with Gasteiger partial charge in [-0.1, -0.05) is 37.3 Å². The van der Waals surface area contributed by atoms with Gasteiger partial charge in [-0.3, -0.25) is 0 Å². The van der Waals surface area contributed by atoms with E-state index in [-0.39, 0.29) is 0 Å². The fourth-order valence-corrected chi connectivity index (χ4v) is 3.86. The van der Waals surface area contributed by atoms with Crippen molar-refractivity contribution in [2.24, 2.45) is 5.92 Å². The number of hydrogen-bond acceptors (Lipinski definition) is 2. The molecule has 0 spiro atoms. The van der Waals surface area contributed by atoms with E-state index in [9.17, 15) is 0 Å². The maximum Gasteiger partial charge on any atom is 0.0701 e. The maximum absolute atomic E-state index is 3.54. The molecule has 3 heteroatoms. The van der Waals surface area contributed by atoms with Gasteiger partial charge in [0.15, 0.2) is 0 Å². The Kier molecular flexibility index (Phi) is 6.08. The number of benzene rings is 1. The van der Waals surface area contributed by atoms with Crippen molar-refractivity contribution in [2.45, 2.75) is 19.8 Å². The van der Waals surface area contributed by atoms with Crippen LogP contribution in [-0.2, 0) is 12.8 Å². The molecule has 0 radical (unpaired) electrons. The molecule has 0 aliphatic heterocycles. The molecule has 2 aromatic rings. The molecule has 0 saturated carbocycles. The van der Waals surface area contributed by atoms with Crippen LogP contribution in [-0.4, -0.2) is 13.1 Å². The van der Waals surface area contributed by atoms with Gasteiger partial charge in [-0.15, -0.1) is 11.3 Å².